The summed E-state index contributed by atoms with van der Waals surface area (Å²) in [6.45, 7) is 6.47. The number of benzene rings is 1. The molecule has 1 unspecified atom stereocenters. The molecule has 0 bridgehead atoms. The molecule has 5 N–H and O–H groups in total. The van der Waals surface area contributed by atoms with Crippen LogP contribution in [0.2, 0.25) is 0 Å². The van der Waals surface area contributed by atoms with Gasteiger partial charge in [-0.15, -0.1) is 0 Å². The van der Waals surface area contributed by atoms with Gasteiger partial charge >= 0.3 is 0 Å². The normalized spacial score (nSPS) is 13.6. The third-order valence-corrected chi connectivity index (χ3v) is 4.95. The molecule has 0 aliphatic heterocycles. The largest absolute Gasteiger partial charge is 0.379 e. The molecule has 8 nitrogen and oxygen atoms in total. The summed E-state index contributed by atoms with van der Waals surface area (Å²) < 4.78 is 33.2. The smallest absolute Gasteiger partial charge is 0.183 e. The molecule has 0 aliphatic carbocycles. The molecule has 3 rings (SSSR count). The van der Waals surface area contributed by atoms with Crippen molar-refractivity contribution in [2.75, 3.05) is 11.9 Å². The zero-order valence-corrected chi connectivity index (χ0v) is 19.4. The highest BCUT2D eigenvalue weighted by molar-refractivity contribution is 6.07. The molecule has 10 heteroatoms. The van der Waals surface area contributed by atoms with Gasteiger partial charge in [-0.3, -0.25) is 5.41 Å². The second-order valence-corrected chi connectivity index (χ2v) is 8.80. The van der Waals surface area contributed by atoms with Crippen LogP contribution in [0.25, 0.3) is 5.70 Å². The van der Waals surface area contributed by atoms with Gasteiger partial charge in [0.15, 0.2) is 17.5 Å². The number of aromatic nitrogens is 3. The average molecular weight is 470 g/mol. The van der Waals surface area contributed by atoms with Crippen molar-refractivity contribution in [3.63, 3.8) is 0 Å². The molecular weight excluding hydrogens is 440 g/mol. The third kappa shape index (κ3) is 6.92. The van der Waals surface area contributed by atoms with Gasteiger partial charge in [0.2, 0.25) is 0 Å². The Hall–Kier alpha value is -3.66. The van der Waals surface area contributed by atoms with Crippen LogP contribution in [-0.4, -0.2) is 32.9 Å². The Kier molecular flexibility index (Phi) is 8.06. The number of halogens is 2. The lowest BCUT2D eigenvalue weighted by Crippen LogP contribution is -2.44. The summed E-state index contributed by atoms with van der Waals surface area (Å²) in [5, 5.41) is 18.3. The predicted octanol–water partition coefficient (Wildman–Crippen LogP) is 4.12. The molecule has 0 saturated carbocycles. The summed E-state index contributed by atoms with van der Waals surface area (Å²) in [5.41, 5.74) is 6.89. The molecule has 180 valence electrons. The molecule has 1 aromatic carbocycles. The fourth-order valence-electron chi connectivity index (χ4n) is 3.52. The van der Waals surface area contributed by atoms with E-state index in [1.807, 2.05) is 6.92 Å². The lowest BCUT2D eigenvalue weighted by Gasteiger charge is -2.27. The van der Waals surface area contributed by atoms with Crippen LogP contribution in [0.4, 0.5) is 14.6 Å². The minimum Gasteiger partial charge on any atom is -0.379 e. The van der Waals surface area contributed by atoms with E-state index in [2.05, 4.69) is 39.6 Å². The Labute approximate surface area is 197 Å². The van der Waals surface area contributed by atoms with E-state index < -0.39 is 11.4 Å². The quantitative estimate of drug-likeness (QED) is 0.311. The van der Waals surface area contributed by atoms with Crippen molar-refractivity contribution in [3.05, 3.63) is 77.6 Å². The number of hydrogen-bond acceptors (Lipinski definition) is 8. The Morgan fingerprint density at radius 2 is 2.00 bits per heavy atom. The Morgan fingerprint density at radius 1 is 1.24 bits per heavy atom. The van der Waals surface area contributed by atoms with Crippen LogP contribution in [0.3, 0.4) is 0 Å². The molecule has 2 aromatic heterocycles. The van der Waals surface area contributed by atoms with Gasteiger partial charge in [-0.2, -0.15) is 0 Å². The second-order valence-electron chi connectivity index (χ2n) is 8.80. The molecular formula is C24H29F2N7O. The van der Waals surface area contributed by atoms with E-state index in [0.717, 1.165) is 12.6 Å². The van der Waals surface area contributed by atoms with Crippen LogP contribution in [0.15, 0.2) is 53.4 Å². The van der Waals surface area contributed by atoms with Crippen molar-refractivity contribution in [2.24, 2.45) is 11.7 Å². The van der Waals surface area contributed by atoms with Gasteiger partial charge < -0.3 is 20.9 Å². The Bertz CT molecular complexity index is 1140. The minimum absolute atomic E-state index is 0.000158. The van der Waals surface area contributed by atoms with E-state index in [4.69, 9.17) is 15.7 Å². The van der Waals surface area contributed by atoms with Gasteiger partial charge in [-0.05, 0) is 31.4 Å². The van der Waals surface area contributed by atoms with Gasteiger partial charge in [0.25, 0.3) is 0 Å². The molecule has 0 spiro atoms. The number of rotatable bonds is 11. The topological polar surface area (TPSA) is 126 Å². The Balaban J connectivity index is 1.79. The lowest BCUT2D eigenvalue weighted by molar-refractivity contribution is 0.385. The maximum atomic E-state index is 14.3. The fraction of sp³-hybridized carbons (Fsp3) is 0.333. The van der Waals surface area contributed by atoms with Crippen molar-refractivity contribution in [3.8, 4) is 0 Å². The molecule has 1 atom stereocenters. The molecule has 0 aliphatic rings. The number of hydrogen-bond donors (Lipinski definition) is 4. The van der Waals surface area contributed by atoms with Crippen LogP contribution < -0.4 is 16.4 Å². The summed E-state index contributed by atoms with van der Waals surface area (Å²) in [7, 11) is 0. The van der Waals surface area contributed by atoms with Crippen LogP contribution in [0.5, 0.6) is 0 Å². The maximum absolute atomic E-state index is 14.3. The Morgan fingerprint density at radius 3 is 2.68 bits per heavy atom. The van der Waals surface area contributed by atoms with Gasteiger partial charge in [0.05, 0.1) is 11.9 Å². The summed E-state index contributed by atoms with van der Waals surface area (Å²) in [6, 6.07) is 7.96. The zero-order valence-electron chi connectivity index (χ0n) is 19.4. The minimum atomic E-state index is -0.643. The fourth-order valence-corrected chi connectivity index (χ4v) is 3.52. The predicted molar refractivity (Wildman–Crippen MR) is 127 cm³/mol. The number of nitrogens with two attached hydrogens (primary N) is 1. The van der Waals surface area contributed by atoms with Crippen LogP contribution in [0.1, 0.15) is 44.3 Å². The standard InChI is InChI=1S/C24H29F2N7O/c1-15(2)11-24(3,28)14-31-22-18(26)13-30-23(32-22)19(27)10-21(20-8-9-34-33-20)29-12-16-6-4-5-7-17(16)25/h4-10,13,15,27,29H,11-12,14,28H2,1-3H3,(H,30,31,32)/b21-10-,27-19?. The summed E-state index contributed by atoms with van der Waals surface area (Å²) in [5.74, 6) is -0.652. The van der Waals surface area contributed by atoms with Gasteiger partial charge in [0, 0.05) is 30.3 Å². The number of nitrogens with zero attached hydrogens (tertiary/aromatic N) is 3. The van der Waals surface area contributed by atoms with Crippen LogP contribution >= 0.6 is 0 Å². The summed E-state index contributed by atoms with van der Waals surface area (Å²) >= 11 is 0. The van der Waals surface area contributed by atoms with E-state index in [0.29, 0.717) is 29.4 Å². The molecule has 0 radical (unpaired) electrons. The van der Waals surface area contributed by atoms with E-state index in [1.54, 1.807) is 24.3 Å². The highest BCUT2D eigenvalue weighted by Gasteiger charge is 2.21. The number of allylic oxidation sites excluding steroid dienone is 1. The van der Waals surface area contributed by atoms with Crippen molar-refractivity contribution in [1.29, 1.82) is 5.41 Å². The summed E-state index contributed by atoms with van der Waals surface area (Å²) in [6.07, 6.45) is 4.56. The molecule has 0 amide bonds. The molecule has 2 heterocycles. The highest BCUT2D eigenvalue weighted by atomic mass is 19.1. The molecule has 0 saturated heterocycles. The first kappa shape index (κ1) is 25.0. The summed E-state index contributed by atoms with van der Waals surface area (Å²) in [4.78, 5) is 8.11. The first-order chi connectivity index (χ1) is 16.1. The van der Waals surface area contributed by atoms with Crippen molar-refractivity contribution in [1.82, 2.24) is 20.4 Å². The van der Waals surface area contributed by atoms with E-state index in [-0.39, 0.29) is 29.7 Å². The van der Waals surface area contributed by atoms with Crippen molar-refractivity contribution < 1.29 is 13.3 Å². The van der Waals surface area contributed by atoms with Crippen LogP contribution in [-0.2, 0) is 6.54 Å². The maximum Gasteiger partial charge on any atom is 0.183 e. The molecule has 3 aromatic rings. The SMILES string of the molecule is CC(C)CC(C)(N)CNc1nc(C(=N)/C=C(\NCc2ccccc2F)c2ccon2)ncc1F. The third-order valence-electron chi connectivity index (χ3n) is 4.95. The average Bonchev–Trinajstić information content (AvgIpc) is 3.31. The second kappa shape index (κ2) is 11.0. The van der Waals surface area contributed by atoms with Crippen LogP contribution in [0, 0.1) is 23.0 Å². The molecule has 34 heavy (non-hydrogen) atoms. The number of anilines is 1. The van der Waals surface area contributed by atoms with E-state index in [1.165, 1.54) is 18.4 Å². The molecule has 0 fully saturated rings. The number of nitrogens with one attached hydrogen (secondary N) is 3. The van der Waals surface area contributed by atoms with Gasteiger partial charge in [-0.1, -0.05) is 37.2 Å². The zero-order chi connectivity index (χ0) is 24.7. The van der Waals surface area contributed by atoms with E-state index >= 15 is 0 Å². The van der Waals surface area contributed by atoms with E-state index in [9.17, 15) is 8.78 Å². The lowest BCUT2D eigenvalue weighted by atomic mass is 9.92. The monoisotopic (exact) mass is 469 g/mol. The van der Waals surface area contributed by atoms with Gasteiger partial charge in [0.1, 0.15) is 23.5 Å². The van der Waals surface area contributed by atoms with Crippen molar-refractivity contribution >= 4 is 17.2 Å². The van der Waals surface area contributed by atoms with Crippen molar-refractivity contribution in [2.45, 2.75) is 39.3 Å². The first-order valence-electron chi connectivity index (χ1n) is 10.9. The highest BCUT2D eigenvalue weighted by Crippen LogP contribution is 2.17. The van der Waals surface area contributed by atoms with Gasteiger partial charge in [-0.25, -0.2) is 18.7 Å². The first-order valence-corrected chi connectivity index (χ1v) is 10.9.